The number of likely N-dealkylation sites (tertiary alicyclic amines) is 1. The van der Waals surface area contributed by atoms with E-state index in [4.69, 9.17) is 0 Å². The molecular formula is C16H18N2O2. The van der Waals surface area contributed by atoms with Crippen molar-refractivity contribution in [3.05, 3.63) is 34.9 Å². The maximum Gasteiger partial charge on any atom is 0.247 e. The Morgan fingerprint density at radius 3 is 2.20 bits per heavy atom. The van der Waals surface area contributed by atoms with Gasteiger partial charge in [0.1, 0.15) is 0 Å². The number of benzene rings is 1. The topological polar surface area (TPSA) is 61.2 Å². The van der Waals surface area contributed by atoms with Gasteiger partial charge in [-0.1, -0.05) is 17.2 Å². The van der Waals surface area contributed by atoms with E-state index < -0.39 is 11.7 Å². The summed E-state index contributed by atoms with van der Waals surface area (Å²) in [7, 11) is 0. The Balaban J connectivity index is 2.24. The van der Waals surface area contributed by atoms with Crippen LogP contribution < -0.4 is 0 Å². The Morgan fingerprint density at radius 1 is 1.15 bits per heavy atom. The van der Waals surface area contributed by atoms with Gasteiger partial charge in [0.15, 0.2) is 11.7 Å². The fourth-order valence-electron chi connectivity index (χ4n) is 2.63. The lowest BCUT2D eigenvalue weighted by atomic mass is 9.95. The molecule has 0 radical (unpaired) electrons. The minimum Gasteiger partial charge on any atom is -0.341 e. The summed E-state index contributed by atoms with van der Waals surface area (Å²) in [6.07, 6.45) is 1.89. The molecule has 0 aliphatic carbocycles. The van der Waals surface area contributed by atoms with Gasteiger partial charge < -0.3 is 4.90 Å². The molecule has 1 atom stereocenters. The predicted octanol–water partition coefficient (Wildman–Crippen LogP) is 2.25. The normalized spacial score (nSPS) is 15.8. The van der Waals surface area contributed by atoms with E-state index in [1.807, 2.05) is 26.0 Å². The van der Waals surface area contributed by atoms with Gasteiger partial charge in [-0.05, 0) is 38.8 Å². The molecule has 1 aliphatic heterocycles. The van der Waals surface area contributed by atoms with E-state index in [0.717, 1.165) is 24.0 Å². The van der Waals surface area contributed by atoms with Crippen LogP contribution in [0.1, 0.15) is 34.3 Å². The lowest BCUT2D eigenvalue weighted by Crippen LogP contribution is -2.37. The molecule has 0 aromatic heterocycles. The van der Waals surface area contributed by atoms with Crippen LogP contribution in [0.5, 0.6) is 0 Å². The number of nitrogens with zero attached hydrogens (tertiary/aromatic N) is 2. The number of rotatable bonds is 3. The van der Waals surface area contributed by atoms with Crippen molar-refractivity contribution in [3.63, 3.8) is 0 Å². The van der Waals surface area contributed by atoms with Crippen molar-refractivity contribution in [2.75, 3.05) is 13.1 Å². The first kappa shape index (κ1) is 14.3. The zero-order valence-corrected chi connectivity index (χ0v) is 11.8. The Labute approximate surface area is 119 Å². The number of hydrogen-bond donors (Lipinski definition) is 0. The summed E-state index contributed by atoms with van der Waals surface area (Å²) in [4.78, 5) is 26.3. The molecular weight excluding hydrogens is 252 g/mol. The number of Topliss-reactive ketones (excluding diaryl/α,β-unsaturated/α-hetero) is 1. The summed E-state index contributed by atoms with van der Waals surface area (Å²) >= 11 is 0. The Kier molecular flexibility index (Phi) is 4.19. The predicted molar refractivity (Wildman–Crippen MR) is 75.2 cm³/mol. The van der Waals surface area contributed by atoms with E-state index in [0.29, 0.717) is 18.7 Å². The summed E-state index contributed by atoms with van der Waals surface area (Å²) in [5.41, 5.74) is 2.36. The van der Waals surface area contributed by atoms with Gasteiger partial charge in [0.25, 0.3) is 0 Å². The smallest absolute Gasteiger partial charge is 0.247 e. The lowest BCUT2D eigenvalue weighted by Gasteiger charge is -2.18. The molecule has 0 saturated carbocycles. The molecule has 20 heavy (non-hydrogen) atoms. The standard InChI is InChI=1S/C16H18N2O2/c1-11-7-12(2)9-13(8-11)15(19)14(10-17)16(20)18-5-3-4-6-18/h7-9,14H,3-6H2,1-2H3/t14-/m0/s1. The molecule has 1 heterocycles. The average Bonchev–Trinajstić information content (AvgIpc) is 2.92. The van der Waals surface area contributed by atoms with Crippen LogP contribution in [-0.4, -0.2) is 29.7 Å². The molecule has 1 aromatic carbocycles. The van der Waals surface area contributed by atoms with E-state index in [1.54, 1.807) is 17.0 Å². The molecule has 0 bridgehead atoms. The van der Waals surface area contributed by atoms with Crippen LogP contribution in [0.15, 0.2) is 18.2 Å². The zero-order chi connectivity index (χ0) is 14.7. The monoisotopic (exact) mass is 270 g/mol. The molecule has 1 amide bonds. The van der Waals surface area contributed by atoms with Gasteiger partial charge in [-0.2, -0.15) is 5.26 Å². The fourth-order valence-corrected chi connectivity index (χ4v) is 2.63. The van der Waals surface area contributed by atoms with E-state index in [-0.39, 0.29) is 5.91 Å². The number of amides is 1. The second-order valence-electron chi connectivity index (χ2n) is 5.34. The van der Waals surface area contributed by atoms with E-state index >= 15 is 0 Å². The molecule has 1 aliphatic rings. The van der Waals surface area contributed by atoms with Crippen molar-refractivity contribution in [2.45, 2.75) is 26.7 Å². The highest BCUT2D eigenvalue weighted by atomic mass is 16.2. The first-order valence-electron chi connectivity index (χ1n) is 6.84. The van der Waals surface area contributed by atoms with Gasteiger partial charge in [-0.3, -0.25) is 9.59 Å². The molecule has 4 nitrogen and oxygen atoms in total. The minimum atomic E-state index is -1.21. The number of hydrogen-bond acceptors (Lipinski definition) is 3. The molecule has 0 N–H and O–H groups in total. The largest absolute Gasteiger partial charge is 0.341 e. The highest BCUT2D eigenvalue weighted by Crippen LogP contribution is 2.18. The van der Waals surface area contributed by atoms with Crippen molar-refractivity contribution in [2.24, 2.45) is 5.92 Å². The van der Waals surface area contributed by atoms with Crippen LogP contribution in [0.25, 0.3) is 0 Å². The quantitative estimate of drug-likeness (QED) is 0.625. The molecule has 104 valence electrons. The van der Waals surface area contributed by atoms with Crippen molar-refractivity contribution in [3.8, 4) is 6.07 Å². The van der Waals surface area contributed by atoms with Crippen molar-refractivity contribution in [1.82, 2.24) is 4.90 Å². The van der Waals surface area contributed by atoms with E-state index in [1.165, 1.54) is 0 Å². The number of ketones is 1. The SMILES string of the molecule is Cc1cc(C)cc(C(=O)[C@H](C#N)C(=O)N2CCCC2)c1. The third-order valence-electron chi connectivity index (χ3n) is 3.56. The van der Waals surface area contributed by atoms with Gasteiger partial charge in [-0.15, -0.1) is 0 Å². The van der Waals surface area contributed by atoms with Crippen LogP contribution in [0, 0.1) is 31.1 Å². The molecule has 0 spiro atoms. The Hall–Kier alpha value is -2.15. The number of nitriles is 1. The average molecular weight is 270 g/mol. The summed E-state index contributed by atoms with van der Waals surface area (Å²) in [6.45, 7) is 5.09. The zero-order valence-electron chi connectivity index (χ0n) is 11.8. The van der Waals surface area contributed by atoms with Gasteiger partial charge in [0.2, 0.25) is 5.91 Å². The summed E-state index contributed by atoms with van der Waals surface area (Å²) in [6, 6.07) is 7.30. The molecule has 1 fully saturated rings. The summed E-state index contributed by atoms with van der Waals surface area (Å²) in [5, 5.41) is 9.21. The van der Waals surface area contributed by atoms with Crippen molar-refractivity contribution >= 4 is 11.7 Å². The third-order valence-corrected chi connectivity index (χ3v) is 3.56. The fraction of sp³-hybridized carbons (Fsp3) is 0.438. The van der Waals surface area contributed by atoms with Crippen molar-refractivity contribution in [1.29, 1.82) is 5.26 Å². The maximum atomic E-state index is 12.4. The van der Waals surface area contributed by atoms with Gasteiger partial charge in [-0.25, -0.2) is 0 Å². The highest BCUT2D eigenvalue weighted by Gasteiger charge is 2.32. The Morgan fingerprint density at radius 2 is 1.70 bits per heavy atom. The minimum absolute atomic E-state index is 0.353. The van der Waals surface area contributed by atoms with Crippen LogP contribution in [0.3, 0.4) is 0 Å². The first-order chi connectivity index (χ1) is 9.52. The number of aryl methyl sites for hydroxylation is 2. The van der Waals surface area contributed by atoms with Crippen LogP contribution in [0.4, 0.5) is 0 Å². The number of carbonyl (C=O) groups excluding carboxylic acids is 2. The molecule has 4 heteroatoms. The molecule has 2 rings (SSSR count). The van der Waals surface area contributed by atoms with Gasteiger partial charge in [0, 0.05) is 18.7 Å². The molecule has 1 saturated heterocycles. The number of carbonyl (C=O) groups is 2. The first-order valence-corrected chi connectivity index (χ1v) is 6.84. The molecule has 1 aromatic rings. The van der Waals surface area contributed by atoms with Gasteiger partial charge in [0.05, 0.1) is 6.07 Å². The van der Waals surface area contributed by atoms with Gasteiger partial charge >= 0.3 is 0 Å². The second-order valence-corrected chi connectivity index (χ2v) is 5.34. The molecule has 0 unspecified atom stereocenters. The van der Waals surface area contributed by atoms with E-state index in [2.05, 4.69) is 0 Å². The van der Waals surface area contributed by atoms with E-state index in [9.17, 15) is 14.9 Å². The summed E-state index contributed by atoms with van der Waals surface area (Å²) in [5.74, 6) is -1.96. The highest BCUT2D eigenvalue weighted by molar-refractivity contribution is 6.12. The van der Waals surface area contributed by atoms with Crippen LogP contribution in [0.2, 0.25) is 0 Å². The van der Waals surface area contributed by atoms with Crippen LogP contribution in [-0.2, 0) is 4.79 Å². The third kappa shape index (κ3) is 2.88. The lowest BCUT2D eigenvalue weighted by molar-refractivity contribution is -0.131. The summed E-state index contributed by atoms with van der Waals surface area (Å²) < 4.78 is 0. The van der Waals surface area contributed by atoms with Crippen LogP contribution >= 0.6 is 0 Å². The Bertz CT molecular complexity index is 560. The second kappa shape index (κ2) is 5.87. The maximum absolute atomic E-state index is 12.4. The van der Waals surface area contributed by atoms with Crippen molar-refractivity contribution < 1.29 is 9.59 Å².